The van der Waals surface area contributed by atoms with Crippen LogP contribution in [0.15, 0.2) is 22.7 Å². The van der Waals surface area contributed by atoms with Crippen LogP contribution in [0.1, 0.15) is 11.1 Å². The molecule has 1 rings (SSSR count). The smallest absolute Gasteiger partial charge is 0.0698 e. The highest BCUT2D eigenvalue weighted by Crippen LogP contribution is 2.17. The maximum absolute atomic E-state index is 8.51. The van der Waals surface area contributed by atoms with Gasteiger partial charge in [0.15, 0.2) is 0 Å². The van der Waals surface area contributed by atoms with Gasteiger partial charge in [0.2, 0.25) is 0 Å². The van der Waals surface area contributed by atoms with E-state index in [0.29, 0.717) is 13.2 Å². The third-order valence-corrected chi connectivity index (χ3v) is 2.92. The van der Waals surface area contributed by atoms with E-state index in [2.05, 4.69) is 46.4 Å². The average molecular weight is 288 g/mol. The van der Waals surface area contributed by atoms with E-state index >= 15 is 0 Å². The van der Waals surface area contributed by atoms with Crippen LogP contribution in [-0.2, 0) is 11.3 Å². The lowest BCUT2D eigenvalue weighted by atomic mass is 10.1. The molecule has 0 unspecified atom stereocenters. The van der Waals surface area contributed by atoms with Crippen LogP contribution in [0.25, 0.3) is 0 Å². The van der Waals surface area contributed by atoms with Crippen LogP contribution in [0.5, 0.6) is 0 Å². The molecule has 4 heteroatoms. The molecule has 0 aliphatic rings. The van der Waals surface area contributed by atoms with Gasteiger partial charge < -0.3 is 15.2 Å². The summed E-state index contributed by atoms with van der Waals surface area (Å²) in [4.78, 5) is 0. The molecule has 0 bridgehead atoms. The normalized spacial score (nSPS) is 10.7. The Kier molecular flexibility index (Phi) is 6.64. The van der Waals surface area contributed by atoms with Gasteiger partial charge in [0.1, 0.15) is 0 Å². The van der Waals surface area contributed by atoms with Crippen molar-refractivity contribution in [2.45, 2.75) is 13.5 Å². The van der Waals surface area contributed by atoms with E-state index in [9.17, 15) is 0 Å². The molecule has 0 saturated heterocycles. The van der Waals surface area contributed by atoms with Crippen molar-refractivity contribution in [2.75, 3.05) is 26.4 Å². The second-order valence-corrected chi connectivity index (χ2v) is 4.46. The summed E-state index contributed by atoms with van der Waals surface area (Å²) in [5, 5.41) is 11.8. The van der Waals surface area contributed by atoms with Crippen molar-refractivity contribution in [3.05, 3.63) is 33.8 Å². The van der Waals surface area contributed by atoms with Gasteiger partial charge in [-0.05, 0) is 24.1 Å². The number of ether oxygens (including phenoxy) is 1. The standard InChI is InChI=1S/C12H18BrNO2/c1-10-2-3-11(12(13)8-10)9-14-4-6-16-7-5-15/h2-3,8,14-15H,4-7,9H2,1H3. The van der Waals surface area contributed by atoms with Crippen molar-refractivity contribution in [2.24, 2.45) is 0 Å². The van der Waals surface area contributed by atoms with E-state index in [-0.39, 0.29) is 6.61 Å². The van der Waals surface area contributed by atoms with E-state index in [0.717, 1.165) is 17.6 Å². The summed E-state index contributed by atoms with van der Waals surface area (Å²) in [6, 6.07) is 6.32. The molecule has 0 saturated carbocycles. The molecule has 0 aliphatic heterocycles. The van der Waals surface area contributed by atoms with Crippen LogP contribution in [0.4, 0.5) is 0 Å². The number of halogens is 1. The van der Waals surface area contributed by atoms with Crippen LogP contribution >= 0.6 is 15.9 Å². The average Bonchev–Trinajstić information content (AvgIpc) is 2.26. The number of benzene rings is 1. The molecule has 2 N–H and O–H groups in total. The summed E-state index contributed by atoms with van der Waals surface area (Å²) in [7, 11) is 0. The highest BCUT2D eigenvalue weighted by molar-refractivity contribution is 9.10. The van der Waals surface area contributed by atoms with Crippen molar-refractivity contribution < 1.29 is 9.84 Å². The Labute approximate surface area is 105 Å². The van der Waals surface area contributed by atoms with Crippen molar-refractivity contribution >= 4 is 15.9 Å². The lowest BCUT2D eigenvalue weighted by Gasteiger charge is -2.07. The lowest BCUT2D eigenvalue weighted by Crippen LogP contribution is -2.20. The van der Waals surface area contributed by atoms with Crippen LogP contribution in [0.2, 0.25) is 0 Å². The molecule has 0 atom stereocenters. The Morgan fingerprint density at radius 1 is 1.38 bits per heavy atom. The molecule has 1 aromatic carbocycles. The van der Waals surface area contributed by atoms with Crippen molar-refractivity contribution in [1.82, 2.24) is 5.32 Å². The minimum absolute atomic E-state index is 0.0868. The fourth-order valence-corrected chi connectivity index (χ4v) is 1.96. The molecule has 1 aromatic rings. The Balaban J connectivity index is 2.21. The van der Waals surface area contributed by atoms with Gasteiger partial charge >= 0.3 is 0 Å². The zero-order valence-electron chi connectivity index (χ0n) is 9.50. The van der Waals surface area contributed by atoms with Crippen molar-refractivity contribution in [3.63, 3.8) is 0 Å². The van der Waals surface area contributed by atoms with Gasteiger partial charge in [0.25, 0.3) is 0 Å². The van der Waals surface area contributed by atoms with E-state index in [1.165, 1.54) is 11.1 Å². The topological polar surface area (TPSA) is 41.5 Å². The maximum Gasteiger partial charge on any atom is 0.0698 e. The number of rotatable bonds is 7. The molecule has 16 heavy (non-hydrogen) atoms. The Hall–Kier alpha value is -0.420. The van der Waals surface area contributed by atoms with Gasteiger partial charge in [0, 0.05) is 17.6 Å². The van der Waals surface area contributed by atoms with Gasteiger partial charge in [-0.25, -0.2) is 0 Å². The highest BCUT2D eigenvalue weighted by Gasteiger charge is 1.99. The molecule has 0 spiro atoms. The van der Waals surface area contributed by atoms with Crippen LogP contribution < -0.4 is 5.32 Å². The first kappa shape index (κ1) is 13.6. The quantitative estimate of drug-likeness (QED) is 0.752. The van der Waals surface area contributed by atoms with E-state index in [1.807, 2.05) is 0 Å². The number of aliphatic hydroxyl groups is 1. The van der Waals surface area contributed by atoms with Gasteiger partial charge in [-0.15, -0.1) is 0 Å². The summed E-state index contributed by atoms with van der Waals surface area (Å²) in [6.07, 6.45) is 0. The van der Waals surface area contributed by atoms with Crippen LogP contribution in [-0.4, -0.2) is 31.5 Å². The van der Waals surface area contributed by atoms with Gasteiger partial charge in [-0.2, -0.15) is 0 Å². The summed E-state index contributed by atoms with van der Waals surface area (Å²) in [5.74, 6) is 0. The third-order valence-electron chi connectivity index (χ3n) is 2.18. The van der Waals surface area contributed by atoms with E-state index in [4.69, 9.17) is 9.84 Å². The first-order valence-electron chi connectivity index (χ1n) is 5.38. The zero-order chi connectivity index (χ0) is 11.8. The summed E-state index contributed by atoms with van der Waals surface area (Å²) >= 11 is 3.54. The predicted octanol–water partition coefficient (Wildman–Crippen LogP) is 1.86. The van der Waals surface area contributed by atoms with Gasteiger partial charge in [-0.1, -0.05) is 28.1 Å². The van der Waals surface area contributed by atoms with Crippen molar-refractivity contribution in [1.29, 1.82) is 0 Å². The summed E-state index contributed by atoms with van der Waals surface area (Å²) < 4.78 is 6.28. The van der Waals surface area contributed by atoms with Crippen LogP contribution in [0, 0.1) is 6.92 Å². The second kappa shape index (κ2) is 7.79. The first-order valence-corrected chi connectivity index (χ1v) is 6.17. The van der Waals surface area contributed by atoms with Crippen molar-refractivity contribution in [3.8, 4) is 0 Å². The number of aliphatic hydroxyl groups excluding tert-OH is 1. The zero-order valence-corrected chi connectivity index (χ0v) is 11.1. The summed E-state index contributed by atoms with van der Waals surface area (Å²) in [5.41, 5.74) is 2.50. The number of hydrogen-bond donors (Lipinski definition) is 2. The Bertz CT molecular complexity index is 318. The molecule has 0 fully saturated rings. The second-order valence-electron chi connectivity index (χ2n) is 3.61. The Morgan fingerprint density at radius 3 is 2.88 bits per heavy atom. The Morgan fingerprint density at radius 2 is 2.19 bits per heavy atom. The van der Waals surface area contributed by atoms with Gasteiger partial charge in [-0.3, -0.25) is 0 Å². The lowest BCUT2D eigenvalue weighted by molar-refractivity contribution is 0.0938. The predicted molar refractivity (Wildman–Crippen MR) is 68.5 cm³/mol. The first-order chi connectivity index (χ1) is 7.74. The third kappa shape index (κ3) is 5.07. The molecular formula is C12H18BrNO2. The number of aryl methyl sites for hydroxylation is 1. The molecule has 0 radical (unpaired) electrons. The number of nitrogens with one attached hydrogen (secondary N) is 1. The molecule has 0 aromatic heterocycles. The largest absolute Gasteiger partial charge is 0.394 e. The minimum Gasteiger partial charge on any atom is -0.394 e. The van der Waals surface area contributed by atoms with Crippen LogP contribution in [0.3, 0.4) is 0 Å². The molecule has 90 valence electrons. The molecule has 3 nitrogen and oxygen atoms in total. The fourth-order valence-electron chi connectivity index (χ4n) is 1.33. The monoisotopic (exact) mass is 287 g/mol. The van der Waals surface area contributed by atoms with Gasteiger partial charge in [0.05, 0.1) is 19.8 Å². The SMILES string of the molecule is Cc1ccc(CNCCOCCO)c(Br)c1. The molecular weight excluding hydrogens is 270 g/mol. The van der Waals surface area contributed by atoms with E-state index in [1.54, 1.807) is 0 Å². The molecule has 0 amide bonds. The number of hydrogen-bond acceptors (Lipinski definition) is 3. The molecule has 0 heterocycles. The minimum atomic E-state index is 0.0868. The fraction of sp³-hybridized carbons (Fsp3) is 0.500. The maximum atomic E-state index is 8.51. The highest BCUT2D eigenvalue weighted by atomic mass is 79.9. The molecule has 0 aliphatic carbocycles. The van der Waals surface area contributed by atoms with E-state index < -0.39 is 0 Å². The summed E-state index contributed by atoms with van der Waals surface area (Å²) in [6.45, 7) is 4.82.